The summed E-state index contributed by atoms with van der Waals surface area (Å²) in [5.74, 6) is 0.0918. The molecule has 2 amide bonds. The number of likely N-dealkylation sites (tertiary alicyclic amines) is 1. The van der Waals surface area contributed by atoms with E-state index < -0.39 is 5.97 Å². The van der Waals surface area contributed by atoms with Crippen molar-refractivity contribution in [2.24, 2.45) is 0 Å². The van der Waals surface area contributed by atoms with Gasteiger partial charge in [0.05, 0.1) is 12.2 Å². The van der Waals surface area contributed by atoms with E-state index in [-0.39, 0.29) is 17.8 Å². The summed E-state index contributed by atoms with van der Waals surface area (Å²) in [6, 6.07) is -0.0467. The summed E-state index contributed by atoms with van der Waals surface area (Å²) in [4.78, 5) is 24.4. The molecule has 2 aliphatic rings. The Balaban J connectivity index is 1.43. The predicted octanol–water partition coefficient (Wildman–Crippen LogP) is 0.438. The second-order valence-electron chi connectivity index (χ2n) is 5.27. The van der Waals surface area contributed by atoms with E-state index in [1.807, 2.05) is 11.8 Å². The molecule has 8 nitrogen and oxygen atoms in total. The van der Waals surface area contributed by atoms with E-state index in [0.29, 0.717) is 18.3 Å². The van der Waals surface area contributed by atoms with Crippen molar-refractivity contribution in [1.82, 2.24) is 25.2 Å². The SMILES string of the molecule is O=C(O)c1cn(C2CN(C(=O)NCC3CCCS3)C2)nn1. The molecule has 3 heterocycles. The van der Waals surface area contributed by atoms with Crippen LogP contribution in [0.15, 0.2) is 6.20 Å². The van der Waals surface area contributed by atoms with Gasteiger partial charge in [0.25, 0.3) is 0 Å². The van der Waals surface area contributed by atoms with Crippen molar-refractivity contribution >= 4 is 23.8 Å². The Hall–Kier alpha value is -1.77. The Kier molecular flexibility index (Phi) is 4.00. The number of thioether (sulfide) groups is 1. The highest BCUT2D eigenvalue weighted by molar-refractivity contribution is 8.00. The lowest BCUT2D eigenvalue weighted by atomic mass is 10.1. The van der Waals surface area contributed by atoms with Crippen LogP contribution in [0.5, 0.6) is 0 Å². The Morgan fingerprint density at radius 3 is 2.90 bits per heavy atom. The molecule has 0 bridgehead atoms. The summed E-state index contributed by atoms with van der Waals surface area (Å²) >= 11 is 1.91. The maximum Gasteiger partial charge on any atom is 0.358 e. The van der Waals surface area contributed by atoms with Crippen molar-refractivity contribution in [1.29, 1.82) is 0 Å². The smallest absolute Gasteiger partial charge is 0.358 e. The minimum absolute atomic E-state index is 0.0113. The lowest BCUT2D eigenvalue weighted by Crippen LogP contribution is -2.55. The Bertz CT molecular complexity index is 537. The van der Waals surface area contributed by atoms with Crippen LogP contribution in [-0.4, -0.2) is 67.6 Å². The number of amides is 2. The van der Waals surface area contributed by atoms with Crippen LogP contribution in [-0.2, 0) is 0 Å². The van der Waals surface area contributed by atoms with Gasteiger partial charge in [-0.05, 0) is 18.6 Å². The van der Waals surface area contributed by atoms with Gasteiger partial charge in [-0.1, -0.05) is 5.21 Å². The van der Waals surface area contributed by atoms with Crippen LogP contribution in [0.2, 0.25) is 0 Å². The van der Waals surface area contributed by atoms with Crippen LogP contribution in [0.1, 0.15) is 29.4 Å². The zero-order valence-electron chi connectivity index (χ0n) is 11.4. The standard InChI is InChI=1S/C12H17N5O3S/c18-11(19)10-7-17(15-14-10)8-5-16(6-8)12(20)13-4-9-2-1-3-21-9/h7-9H,1-6H2,(H,13,20)(H,18,19). The van der Waals surface area contributed by atoms with Gasteiger partial charge < -0.3 is 15.3 Å². The molecule has 3 rings (SSSR count). The summed E-state index contributed by atoms with van der Waals surface area (Å²) in [6.07, 6.45) is 3.80. The summed E-state index contributed by atoms with van der Waals surface area (Å²) in [6.45, 7) is 1.79. The summed E-state index contributed by atoms with van der Waals surface area (Å²) in [7, 11) is 0. The molecule has 21 heavy (non-hydrogen) atoms. The zero-order chi connectivity index (χ0) is 14.8. The molecule has 0 aromatic carbocycles. The monoisotopic (exact) mass is 311 g/mol. The number of carbonyl (C=O) groups is 2. The van der Waals surface area contributed by atoms with Crippen molar-refractivity contribution in [2.45, 2.75) is 24.1 Å². The molecular weight excluding hydrogens is 294 g/mol. The Labute approximate surface area is 125 Å². The van der Waals surface area contributed by atoms with E-state index in [0.717, 1.165) is 6.54 Å². The second-order valence-corrected chi connectivity index (χ2v) is 6.68. The van der Waals surface area contributed by atoms with Crippen LogP contribution >= 0.6 is 11.8 Å². The lowest BCUT2D eigenvalue weighted by molar-refractivity contribution is 0.0690. The second kappa shape index (κ2) is 5.92. The van der Waals surface area contributed by atoms with Gasteiger partial charge in [-0.2, -0.15) is 11.8 Å². The first-order valence-corrected chi connectivity index (χ1v) is 7.98. The number of urea groups is 1. The number of rotatable bonds is 4. The Morgan fingerprint density at radius 2 is 2.29 bits per heavy atom. The maximum atomic E-state index is 11.9. The molecule has 9 heteroatoms. The molecular formula is C12H17N5O3S. The van der Waals surface area contributed by atoms with Crippen LogP contribution in [0.4, 0.5) is 4.79 Å². The van der Waals surface area contributed by atoms with E-state index in [1.54, 1.807) is 4.90 Å². The van der Waals surface area contributed by atoms with Gasteiger partial charge >= 0.3 is 12.0 Å². The molecule has 0 aliphatic carbocycles. The third-order valence-electron chi connectivity index (χ3n) is 3.76. The zero-order valence-corrected chi connectivity index (χ0v) is 12.3. The van der Waals surface area contributed by atoms with Gasteiger partial charge in [-0.25, -0.2) is 14.3 Å². The lowest BCUT2D eigenvalue weighted by Gasteiger charge is -2.38. The van der Waals surface area contributed by atoms with Gasteiger partial charge in [-0.15, -0.1) is 5.10 Å². The van der Waals surface area contributed by atoms with Crippen molar-refractivity contribution in [3.05, 3.63) is 11.9 Å². The van der Waals surface area contributed by atoms with E-state index in [4.69, 9.17) is 5.11 Å². The maximum absolute atomic E-state index is 11.9. The number of carboxylic acids is 1. The third-order valence-corrected chi connectivity index (χ3v) is 5.16. The number of carbonyl (C=O) groups excluding carboxylic acids is 1. The number of nitrogens with one attached hydrogen (secondary N) is 1. The van der Waals surface area contributed by atoms with Gasteiger partial charge in [0.15, 0.2) is 5.69 Å². The quantitative estimate of drug-likeness (QED) is 0.837. The predicted molar refractivity (Wildman–Crippen MR) is 76.5 cm³/mol. The molecule has 0 spiro atoms. The number of aromatic carboxylic acids is 1. The van der Waals surface area contributed by atoms with Crippen LogP contribution < -0.4 is 5.32 Å². The molecule has 1 aromatic rings. The molecule has 114 valence electrons. The molecule has 1 aromatic heterocycles. The average Bonchev–Trinajstić information content (AvgIpc) is 3.06. The summed E-state index contributed by atoms with van der Waals surface area (Å²) < 4.78 is 1.51. The molecule has 2 saturated heterocycles. The molecule has 1 atom stereocenters. The number of aromatic nitrogens is 3. The van der Waals surface area contributed by atoms with E-state index in [1.165, 1.54) is 29.5 Å². The number of carboxylic acid groups (broad SMARTS) is 1. The first-order valence-electron chi connectivity index (χ1n) is 6.93. The molecule has 0 radical (unpaired) electrons. The fourth-order valence-corrected chi connectivity index (χ4v) is 3.66. The fraction of sp³-hybridized carbons (Fsp3) is 0.667. The molecule has 0 saturated carbocycles. The van der Waals surface area contributed by atoms with Crippen molar-refractivity contribution < 1.29 is 14.7 Å². The number of hydrogen-bond acceptors (Lipinski definition) is 5. The first-order chi connectivity index (χ1) is 10.1. The van der Waals surface area contributed by atoms with Gasteiger partial charge in [0, 0.05) is 24.9 Å². The highest BCUT2D eigenvalue weighted by Crippen LogP contribution is 2.25. The largest absolute Gasteiger partial charge is 0.476 e. The van der Waals surface area contributed by atoms with Crippen LogP contribution in [0, 0.1) is 0 Å². The van der Waals surface area contributed by atoms with Gasteiger partial charge in [0.2, 0.25) is 0 Å². The topological polar surface area (TPSA) is 100 Å². The van der Waals surface area contributed by atoms with E-state index in [2.05, 4.69) is 15.6 Å². The highest BCUT2D eigenvalue weighted by Gasteiger charge is 2.33. The van der Waals surface area contributed by atoms with E-state index >= 15 is 0 Å². The summed E-state index contributed by atoms with van der Waals surface area (Å²) in [5, 5.41) is 19.6. The Morgan fingerprint density at radius 1 is 1.48 bits per heavy atom. The molecule has 1 unspecified atom stereocenters. The molecule has 2 fully saturated rings. The van der Waals surface area contributed by atoms with Crippen LogP contribution in [0.3, 0.4) is 0 Å². The minimum atomic E-state index is -1.09. The normalized spacial score (nSPS) is 22.1. The van der Waals surface area contributed by atoms with E-state index in [9.17, 15) is 9.59 Å². The molecule has 2 aliphatic heterocycles. The van der Waals surface area contributed by atoms with Crippen molar-refractivity contribution in [2.75, 3.05) is 25.4 Å². The number of nitrogens with zero attached hydrogens (tertiary/aromatic N) is 4. The van der Waals surface area contributed by atoms with Crippen molar-refractivity contribution in [3.63, 3.8) is 0 Å². The summed E-state index contributed by atoms with van der Waals surface area (Å²) in [5.41, 5.74) is -0.0730. The van der Waals surface area contributed by atoms with Crippen molar-refractivity contribution in [3.8, 4) is 0 Å². The fourth-order valence-electron chi connectivity index (χ4n) is 2.46. The van der Waals surface area contributed by atoms with Gasteiger partial charge in [0.1, 0.15) is 0 Å². The average molecular weight is 311 g/mol. The molecule has 2 N–H and O–H groups in total. The van der Waals surface area contributed by atoms with Gasteiger partial charge in [-0.3, -0.25) is 0 Å². The first kappa shape index (κ1) is 14.2. The third kappa shape index (κ3) is 3.12. The highest BCUT2D eigenvalue weighted by atomic mass is 32.2. The van der Waals surface area contributed by atoms with Crippen LogP contribution in [0.25, 0.3) is 0 Å². The number of hydrogen-bond donors (Lipinski definition) is 2. The minimum Gasteiger partial charge on any atom is -0.476 e.